The first-order chi connectivity index (χ1) is 9.31. The minimum Gasteiger partial charge on any atom is -0.481 e. The molecule has 0 aliphatic carbocycles. The van der Waals surface area contributed by atoms with Gasteiger partial charge in [-0.2, -0.15) is 0 Å². The van der Waals surface area contributed by atoms with Crippen LogP contribution in [0.1, 0.15) is 23.2 Å². The second-order valence-electron chi connectivity index (χ2n) is 4.03. The molecular weight excluding hydrogens is 288 g/mol. The highest BCUT2D eigenvalue weighted by molar-refractivity contribution is 6.34. The van der Waals surface area contributed by atoms with Gasteiger partial charge in [-0.05, 0) is 24.6 Å². The zero-order chi connectivity index (χ0) is 15.3. The predicted molar refractivity (Wildman–Crippen MR) is 71.9 cm³/mol. The molecule has 0 aromatic heterocycles. The second-order valence-corrected chi connectivity index (χ2v) is 4.44. The first-order valence-electron chi connectivity index (χ1n) is 5.62. The largest absolute Gasteiger partial charge is 0.481 e. The molecule has 0 fully saturated rings. The highest BCUT2D eigenvalue weighted by Crippen LogP contribution is 2.23. The van der Waals surface area contributed by atoms with Crippen LogP contribution in [0.3, 0.4) is 0 Å². The molecule has 8 heteroatoms. The zero-order valence-electron chi connectivity index (χ0n) is 10.3. The maximum Gasteiger partial charge on any atom is 0.335 e. The van der Waals surface area contributed by atoms with Crippen molar-refractivity contribution in [2.75, 3.05) is 5.32 Å². The van der Waals surface area contributed by atoms with Crippen LogP contribution in [-0.4, -0.2) is 34.1 Å². The lowest BCUT2D eigenvalue weighted by molar-refractivity contribution is -0.137. The van der Waals surface area contributed by atoms with Crippen molar-refractivity contribution in [1.82, 2.24) is 0 Å². The number of carbonyl (C=O) groups excluding carboxylic acids is 1. The number of halogens is 1. The summed E-state index contributed by atoms with van der Waals surface area (Å²) in [6.45, 7) is 0. The molecule has 0 aliphatic heterocycles. The summed E-state index contributed by atoms with van der Waals surface area (Å²) >= 11 is 5.84. The average Bonchev–Trinajstić information content (AvgIpc) is 2.37. The van der Waals surface area contributed by atoms with E-state index in [0.29, 0.717) is 0 Å². The molecule has 1 aromatic rings. The standard InChI is InChI=1S/C12H13ClN2O5/c13-7-5-6(12(19)20)1-3-9(7)15-11(18)8(14)2-4-10(16)17/h1,3,5,8H,2,4,14H2,(H,15,18)(H,16,17)(H,19,20). The molecule has 0 bridgehead atoms. The first-order valence-corrected chi connectivity index (χ1v) is 6.00. The minimum atomic E-state index is -1.14. The summed E-state index contributed by atoms with van der Waals surface area (Å²) in [7, 11) is 0. The molecule has 108 valence electrons. The van der Waals surface area contributed by atoms with Crippen LogP contribution in [-0.2, 0) is 9.59 Å². The number of carbonyl (C=O) groups is 3. The Labute approximate surface area is 119 Å². The molecule has 0 saturated carbocycles. The van der Waals surface area contributed by atoms with Gasteiger partial charge in [0.05, 0.1) is 22.3 Å². The summed E-state index contributed by atoms with van der Waals surface area (Å²) in [5, 5.41) is 19.7. The van der Waals surface area contributed by atoms with Gasteiger partial charge in [-0.25, -0.2) is 4.79 Å². The van der Waals surface area contributed by atoms with Gasteiger partial charge < -0.3 is 21.3 Å². The molecule has 7 nitrogen and oxygen atoms in total. The molecule has 1 aromatic carbocycles. The van der Waals surface area contributed by atoms with E-state index in [4.69, 9.17) is 27.5 Å². The Morgan fingerprint density at radius 3 is 2.45 bits per heavy atom. The maximum atomic E-state index is 11.7. The van der Waals surface area contributed by atoms with Crippen molar-refractivity contribution in [2.24, 2.45) is 5.73 Å². The van der Waals surface area contributed by atoms with E-state index in [-0.39, 0.29) is 29.1 Å². The third-order valence-corrected chi connectivity index (χ3v) is 2.79. The Morgan fingerprint density at radius 1 is 1.30 bits per heavy atom. The number of aliphatic carboxylic acids is 1. The topological polar surface area (TPSA) is 130 Å². The molecule has 0 heterocycles. The van der Waals surface area contributed by atoms with Crippen LogP contribution < -0.4 is 11.1 Å². The smallest absolute Gasteiger partial charge is 0.335 e. The summed E-state index contributed by atoms with van der Waals surface area (Å²) in [5.74, 6) is -2.77. The Morgan fingerprint density at radius 2 is 1.95 bits per heavy atom. The molecular formula is C12H13ClN2O5. The monoisotopic (exact) mass is 300 g/mol. The van der Waals surface area contributed by atoms with Crippen LogP contribution in [0.15, 0.2) is 18.2 Å². The van der Waals surface area contributed by atoms with Crippen molar-refractivity contribution in [3.05, 3.63) is 28.8 Å². The fourth-order valence-corrected chi connectivity index (χ4v) is 1.61. The van der Waals surface area contributed by atoms with Gasteiger partial charge in [-0.3, -0.25) is 9.59 Å². The number of carboxylic acids is 2. The highest BCUT2D eigenvalue weighted by atomic mass is 35.5. The Balaban J connectivity index is 2.70. The van der Waals surface area contributed by atoms with Crippen LogP contribution in [0.5, 0.6) is 0 Å². The molecule has 1 atom stereocenters. The lowest BCUT2D eigenvalue weighted by atomic mass is 10.1. The molecule has 1 rings (SSSR count). The summed E-state index contributed by atoms with van der Waals surface area (Å²) in [6.07, 6.45) is -0.230. The van der Waals surface area contributed by atoms with Gasteiger partial charge >= 0.3 is 11.9 Å². The van der Waals surface area contributed by atoms with Gasteiger partial charge in [-0.1, -0.05) is 11.6 Å². The lowest BCUT2D eigenvalue weighted by Crippen LogP contribution is -2.36. The fourth-order valence-electron chi connectivity index (χ4n) is 1.39. The Bertz CT molecular complexity index is 547. The van der Waals surface area contributed by atoms with Crippen molar-refractivity contribution in [1.29, 1.82) is 0 Å². The first kappa shape index (κ1) is 15.9. The molecule has 1 unspecified atom stereocenters. The van der Waals surface area contributed by atoms with Gasteiger partial charge in [0.2, 0.25) is 5.91 Å². The number of anilines is 1. The third kappa shape index (κ3) is 4.52. The van der Waals surface area contributed by atoms with E-state index in [2.05, 4.69) is 5.32 Å². The van der Waals surface area contributed by atoms with Gasteiger partial charge in [0.25, 0.3) is 0 Å². The predicted octanol–water partition coefficient (Wildman–Crippen LogP) is 1.17. The van der Waals surface area contributed by atoms with Crippen LogP contribution >= 0.6 is 11.6 Å². The van der Waals surface area contributed by atoms with Crippen LogP contribution in [0, 0.1) is 0 Å². The van der Waals surface area contributed by atoms with Crippen LogP contribution in [0.4, 0.5) is 5.69 Å². The molecule has 5 N–H and O–H groups in total. The second kappa shape index (κ2) is 6.88. The number of hydrogen-bond acceptors (Lipinski definition) is 4. The Hall–Kier alpha value is -2.12. The zero-order valence-corrected chi connectivity index (χ0v) is 11.1. The quantitative estimate of drug-likeness (QED) is 0.624. The van der Waals surface area contributed by atoms with Gasteiger partial charge in [0, 0.05) is 6.42 Å². The van der Waals surface area contributed by atoms with Gasteiger partial charge in [0.1, 0.15) is 0 Å². The molecule has 0 spiro atoms. The molecule has 1 amide bonds. The maximum absolute atomic E-state index is 11.7. The number of nitrogens with two attached hydrogens (primary N) is 1. The van der Waals surface area contributed by atoms with E-state index in [0.717, 1.165) is 0 Å². The summed E-state index contributed by atoms with van der Waals surface area (Å²) in [5.41, 5.74) is 5.73. The van der Waals surface area contributed by atoms with Crippen molar-refractivity contribution in [2.45, 2.75) is 18.9 Å². The van der Waals surface area contributed by atoms with E-state index in [9.17, 15) is 14.4 Å². The minimum absolute atomic E-state index is 0.00794. The summed E-state index contributed by atoms with van der Waals surface area (Å²) < 4.78 is 0. The fraction of sp³-hybridized carbons (Fsp3) is 0.250. The van der Waals surface area contributed by atoms with Crippen LogP contribution in [0.25, 0.3) is 0 Å². The van der Waals surface area contributed by atoms with Gasteiger partial charge in [-0.15, -0.1) is 0 Å². The number of nitrogens with one attached hydrogen (secondary N) is 1. The Kier molecular flexibility index (Phi) is 5.48. The number of aromatic carboxylic acids is 1. The number of amides is 1. The molecule has 20 heavy (non-hydrogen) atoms. The van der Waals surface area contributed by atoms with E-state index in [1.54, 1.807) is 0 Å². The normalized spacial score (nSPS) is 11.7. The van der Waals surface area contributed by atoms with E-state index < -0.39 is 23.9 Å². The van der Waals surface area contributed by atoms with Crippen molar-refractivity contribution >= 4 is 35.1 Å². The lowest BCUT2D eigenvalue weighted by Gasteiger charge is -2.12. The van der Waals surface area contributed by atoms with Crippen molar-refractivity contribution in [3.8, 4) is 0 Å². The number of hydrogen-bond donors (Lipinski definition) is 4. The molecule has 0 aliphatic rings. The van der Waals surface area contributed by atoms with Crippen molar-refractivity contribution in [3.63, 3.8) is 0 Å². The van der Waals surface area contributed by atoms with Crippen molar-refractivity contribution < 1.29 is 24.6 Å². The number of carboxylic acid groups (broad SMARTS) is 2. The summed E-state index contributed by atoms with van der Waals surface area (Å²) in [6, 6.07) is 2.84. The summed E-state index contributed by atoms with van der Waals surface area (Å²) in [4.78, 5) is 32.8. The van der Waals surface area contributed by atoms with E-state index >= 15 is 0 Å². The number of rotatable bonds is 6. The number of benzene rings is 1. The van der Waals surface area contributed by atoms with Crippen LogP contribution in [0.2, 0.25) is 5.02 Å². The van der Waals surface area contributed by atoms with E-state index in [1.165, 1.54) is 18.2 Å². The highest BCUT2D eigenvalue weighted by Gasteiger charge is 2.16. The molecule has 0 saturated heterocycles. The van der Waals surface area contributed by atoms with E-state index in [1.807, 2.05) is 0 Å². The SMILES string of the molecule is NC(CCC(=O)O)C(=O)Nc1ccc(C(=O)O)cc1Cl. The molecule has 0 radical (unpaired) electrons. The third-order valence-electron chi connectivity index (χ3n) is 2.48. The van der Waals surface area contributed by atoms with Gasteiger partial charge in [0.15, 0.2) is 0 Å². The average molecular weight is 301 g/mol.